The molecule has 0 aliphatic heterocycles. The van der Waals surface area contributed by atoms with Gasteiger partial charge in [0.25, 0.3) is 0 Å². The van der Waals surface area contributed by atoms with Gasteiger partial charge in [-0.05, 0) is 5.56 Å². The average Bonchev–Trinajstić information content (AvgIpc) is 2.72. The lowest BCUT2D eigenvalue weighted by Crippen LogP contribution is -1.86. The molecule has 0 saturated heterocycles. The predicted molar refractivity (Wildman–Crippen MR) is 51.5 cm³/mol. The molecule has 0 saturated carbocycles. The molecule has 14 heavy (non-hydrogen) atoms. The molecule has 0 spiro atoms. The van der Waals surface area contributed by atoms with Gasteiger partial charge in [0.2, 0.25) is 12.2 Å². The Morgan fingerprint density at radius 3 is 2.64 bits per heavy atom. The Hall–Kier alpha value is -2.17. The van der Waals surface area contributed by atoms with Crippen LogP contribution in [0.1, 0.15) is 5.56 Å². The van der Waals surface area contributed by atoms with Crippen LogP contribution in [-0.4, -0.2) is 16.4 Å². The van der Waals surface area contributed by atoms with E-state index in [1.165, 1.54) is 6.39 Å². The van der Waals surface area contributed by atoms with Gasteiger partial charge in [0.15, 0.2) is 0 Å². The standard InChI is InChI=1S/C9H8N4O/c10-12-5-7-1-3-8(4-2-7)9-11-6-14-13-9/h1-6H,10H2. The zero-order chi connectivity index (χ0) is 9.80. The second-order valence-electron chi connectivity index (χ2n) is 2.65. The third-order valence-corrected chi connectivity index (χ3v) is 1.75. The average molecular weight is 188 g/mol. The summed E-state index contributed by atoms with van der Waals surface area (Å²) >= 11 is 0. The van der Waals surface area contributed by atoms with E-state index in [1.807, 2.05) is 24.3 Å². The summed E-state index contributed by atoms with van der Waals surface area (Å²) in [5, 5.41) is 7.14. The highest BCUT2D eigenvalue weighted by Gasteiger charge is 2.01. The van der Waals surface area contributed by atoms with Crippen LogP contribution in [0, 0.1) is 0 Å². The van der Waals surface area contributed by atoms with Gasteiger partial charge in [0.05, 0.1) is 6.21 Å². The molecule has 70 valence electrons. The van der Waals surface area contributed by atoms with Gasteiger partial charge in [0.1, 0.15) is 0 Å². The number of hydrogen-bond acceptors (Lipinski definition) is 5. The van der Waals surface area contributed by atoms with Crippen molar-refractivity contribution in [2.24, 2.45) is 10.9 Å². The Morgan fingerprint density at radius 1 is 1.29 bits per heavy atom. The maximum Gasteiger partial charge on any atom is 0.214 e. The van der Waals surface area contributed by atoms with Crippen LogP contribution in [0.15, 0.2) is 40.3 Å². The highest BCUT2D eigenvalue weighted by atomic mass is 16.5. The van der Waals surface area contributed by atoms with Crippen molar-refractivity contribution >= 4 is 6.21 Å². The zero-order valence-electron chi connectivity index (χ0n) is 7.29. The summed E-state index contributed by atoms with van der Waals surface area (Å²) in [4.78, 5) is 3.93. The van der Waals surface area contributed by atoms with Crippen molar-refractivity contribution in [2.45, 2.75) is 0 Å². The zero-order valence-corrected chi connectivity index (χ0v) is 7.29. The molecule has 2 aromatic rings. The molecule has 0 radical (unpaired) electrons. The minimum absolute atomic E-state index is 0.571. The molecule has 0 bridgehead atoms. The summed E-state index contributed by atoms with van der Waals surface area (Å²) in [6, 6.07) is 7.51. The van der Waals surface area contributed by atoms with Gasteiger partial charge in [-0.3, -0.25) is 0 Å². The van der Waals surface area contributed by atoms with E-state index in [2.05, 4.69) is 19.8 Å². The second kappa shape index (κ2) is 3.69. The third kappa shape index (κ3) is 1.61. The van der Waals surface area contributed by atoms with Crippen molar-refractivity contribution in [1.29, 1.82) is 0 Å². The van der Waals surface area contributed by atoms with Gasteiger partial charge >= 0.3 is 0 Å². The Labute approximate surface area is 80.2 Å². The van der Waals surface area contributed by atoms with Crippen molar-refractivity contribution < 1.29 is 4.52 Å². The van der Waals surface area contributed by atoms with Crippen molar-refractivity contribution in [3.8, 4) is 11.4 Å². The Bertz CT molecular complexity index is 419. The fourth-order valence-corrected chi connectivity index (χ4v) is 1.10. The lowest BCUT2D eigenvalue weighted by Gasteiger charge is -1.94. The van der Waals surface area contributed by atoms with Crippen molar-refractivity contribution in [3.05, 3.63) is 36.2 Å². The van der Waals surface area contributed by atoms with Gasteiger partial charge in [-0.15, -0.1) is 0 Å². The van der Waals surface area contributed by atoms with E-state index in [0.29, 0.717) is 5.82 Å². The SMILES string of the molecule is NN=Cc1ccc(-c2ncon2)cc1. The largest absolute Gasteiger partial charge is 0.342 e. The minimum atomic E-state index is 0.571. The van der Waals surface area contributed by atoms with Crippen LogP contribution in [0.2, 0.25) is 0 Å². The predicted octanol–water partition coefficient (Wildman–Crippen LogP) is 1.03. The Morgan fingerprint density at radius 2 is 2.07 bits per heavy atom. The maximum atomic E-state index is 5.02. The first kappa shape index (κ1) is 8.43. The van der Waals surface area contributed by atoms with Crippen molar-refractivity contribution in [2.75, 3.05) is 0 Å². The summed E-state index contributed by atoms with van der Waals surface area (Å²) < 4.78 is 4.64. The van der Waals surface area contributed by atoms with E-state index in [1.54, 1.807) is 6.21 Å². The summed E-state index contributed by atoms with van der Waals surface area (Å²) in [7, 11) is 0. The van der Waals surface area contributed by atoms with Crippen LogP contribution < -0.4 is 5.84 Å². The maximum absolute atomic E-state index is 5.02. The van der Waals surface area contributed by atoms with Crippen LogP contribution in [0.3, 0.4) is 0 Å². The number of nitrogens with zero attached hydrogens (tertiary/aromatic N) is 3. The van der Waals surface area contributed by atoms with E-state index in [9.17, 15) is 0 Å². The van der Waals surface area contributed by atoms with E-state index < -0.39 is 0 Å². The molecular weight excluding hydrogens is 180 g/mol. The van der Waals surface area contributed by atoms with Gasteiger partial charge in [0, 0.05) is 5.56 Å². The lowest BCUT2D eigenvalue weighted by molar-refractivity contribution is 0.419. The first-order chi connectivity index (χ1) is 6.90. The molecule has 2 N–H and O–H groups in total. The molecule has 1 heterocycles. The molecule has 0 unspecified atom stereocenters. The lowest BCUT2D eigenvalue weighted by atomic mass is 10.1. The van der Waals surface area contributed by atoms with Crippen LogP contribution in [0.25, 0.3) is 11.4 Å². The number of benzene rings is 1. The fourth-order valence-electron chi connectivity index (χ4n) is 1.10. The van der Waals surface area contributed by atoms with Crippen molar-refractivity contribution in [3.63, 3.8) is 0 Å². The smallest absolute Gasteiger partial charge is 0.214 e. The Kier molecular flexibility index (Phi) is 2.22. The van der Waals surface area contributed by atoms with Crippen LogP contribution >= 0.6 is 0 Å². The van der Waals surface area contributed by atoms with E-state index in [-0.39, 0.29) is 0 Å². The molecule has 0 amide bonds. The van der Waals surface area contributed by atoms with Gasteiger partial charge in [-0.2, -0.15) is 10.1 Å². The third-order valence-electron chi connectivity index (χ3n) is 1.75. The Balaban J connectivity index is 2.31. The molecule has 1 aromatic carbocycles. The fraction of sp³-hybridized carbons (Fsp3) is 0. The number of nitrogens with two attached hydrogens (primary N) is 1. The van der Waals surface area contributed by atoms with Crippen LogP contribution in [0.5, 0.6) is 0 Å². The highest BCUT2D eigenvalue weighted by Crippen LogP contribution is 2.13. The van der Waals surface area contributed by atoms with E-state index >= 15 is 0 Å². The van der Waals surface area contributed by atoms with E-state index in [4.69, 9.17) is 5.84 Å². The number of rotatable bonds is 2. The first-order valence-corrected chi connectivity index (χ1v) is 4.00. The molecule has 1 aromatic heterocycles. The quantitative estimate of drug-likeness (QED) is 0.433. The molecular formula is C9H8N4O. The highest BCUT2D eigenvalue weighted by molar-refractivity contribution is 5.80. The number of hydrogen-bond donors (Lipinski definition) is 1. The summed E-state index contributed by atoms with van der Waals surface area (Å²) in [6.45, 7) is 0. The molecule has 0 aliphatic rings. The summed E-state index contributed by atoms with van der Waals surface area (Å²) in [5.41, 5.74) is 1.83. The van der Waals surface area contributed by atoms with Gasteiger partial charge < -0.3 is 10.4 Å². The van der Waals surface area contributed by atoms with Gasteiger partial charge in [-0.1, -0.05) is 29.4 Å². The number of aromatic nitrogens is 2. The molecule has 0 fully saturated rings. The monoisotopic (exact) mass is 188 g/mol. The van der Waals surface area contributed by atoms with Crippen LogP contribution in [-0.2, 0) is 0 Å². The molecule has 2 rings (SSSR count). The summed E-state index contributed by atoms with van der Waals surface area (Å²) in [5.74, 6) is 5.59. The molecule has 0 atom stereocenters. The van der Waals surface area contributed by atoms with Gasteiger partial charge in [-0.25, -0.2) is 0 Å². The van der Waals surface area contributed by atoms with Crippen LogP contribution in [0.4, 0.5) is 0 Å². The molecule has 5 nitrogen and oxygen atoms in total. The first-order valence-electron chi connectivity index (χ1n) is 4.00. The molecule has 5 heteroatoms. The summed E-state index contributed by atoms with van der Waals surface area (Å²) in [6.07, 6.45) is 2.87. The van der Waals surface area contributed by atoms with E-state index in [0.717, 1.165) is 11.1 Å². The second-order valence-corrected chi connectivity index (χ2v) is 2.65. The normalized spacial score (nSPS) is 10.9. The van der Waals surface area contributed by atoms with Crippen molar-refractivity contribution in [1.82, 2.24) is 10.1 Å². The molecule has 0 aliphatic carbocycles. The number of hydrazone groups is 1. The minimum Gasteiger partial charge on any atom is -0.342 e. The topological polar surface area (TPSA) is 77.3 Å².